The van der Waals surface area contributed by atoms with Crippen LogP contribution >= 0.6 is 0 Å². The SMILES string of the molecule is COc1ccc(OC)c(C(C)C)c1CO. The fourth-order valence-corrected chi connectivity index (χ4v) is 1.79. The third-order valence-electron chi connectivity index (χ3n) is 2.45. The number of methoxy groups -OCH3 is 2. The van der Waals surface area contributed by atoms with Gasteiger partial charge in [-0.15, -0.1) is 0 Å². The molecule has 1 aromatic rings. The van der Waals surface area contributed by atoms with Crippen molar-refractivity contribution >= 4 is 0 Å². The Morgan fingerprint density at radius 1 is 1.13 bits per heavy atom. The van der Waals surface area contributed by atoms with E-state index in [-0.39, 0.29) is 12.5 Å². The van der Waals surface area contributed by atoms with E-state index >= 15 is 0 Å². The first kappa shape index (κ1) is 11.9. The average Bonchev–Trinajstić information content (AvgIpc) is 2.26. The van der Waals surface area contributed by atoms with Crippen LogP contribution in [0.3, 0.4) is 0 Å². The summed E-state index contributed by atoms with van der Waals surface area (Å²) in [5.41, 5.74) is 1.83. The maximum atomic E-state index is 9.36. The lowest BCUT2D eigenvalue weighted by atomic mass is 9.95. The molecule has 0 bridgehead atoms. The molecule has 0 aliphatic carbocycles. The zero-order valence-electron chi connectivity index (χ0n) is 9.70. The first-order valence-electron chi connectivity index (χ1n) is 5.00. The van der Waals surface area contributed by atoms with Crippen LogP contribution in [0.4, 0.5) is 0 Å². The van der Waals surface area contributed by atoms with Gasteiger partial charge in [-0.2, -0.15) is 0 Å². The lowest BCUT2D eigenvalue weighted by molar-refractivity contribution is 0.270. The number of aliphatic hydroxyl groups is 1. The Bertz CT molecular complexity index is 332. The molecular formula is C12H18O3. The molecule has 1 N–H and O–H groups in total. The maximum Gasteiger partial charge on any atom is 0.124 e. The van der Waals surface area contributed by atoms with Crippen molar-refractivity contribution in [3.63, 3.8) is 0 Å². The molecule has 0 aromatic heterocycles. The Kier molecular flexibility index (Phi) is 3.97. The monoisotopic (exact) mass is 210 g/mol. The van der Waals surface area contributed by atoms with E-state index in [1.165, 1.54) is 0 Å². The predicted octanol–water partition coefficient (Wildman–Crippen LogP) is 2.32. The van der Waals surface area contributed by atoms with Crippen LogP contribution < -0.4 is 9.47 Å². The molecule has 3 heteroatoms. The van der Waals surface area contributed by atoms with Gasteiger partial charge in [-0.3, -0.25) is 0 Å². The van der Waals surface area contributed by atoms with Crippen molar-refractivity contribution in [3.8, 4) is 11.5 Å². The highest BCUT2D eigenvalue weighted by Crippen LogP contribution is 2.35. The number of hydrogen-bond donors (Lipinski definition) is 1. The van der Waals surface area contributed by atoms with Crippen LogP contribution in [-0.4, -0.2) is 19.3 Å². The van der Waals surface area contributed by atoms with E-state index < -0.39 is 0 Å². The van der Waals surface area contributed by atoms with Crippen LogP contribution in [0.2, 0.25) is 0 Å². The molecule has 1 rings (SSSR count). The van der Waals surface area contributed by atoms with Gasteiger partial charge in [-0.1, -0.05) is 13.8 Å². The Balaban J connectivity index is 3.37. The molecule has 0 unspecified atom stereocenters. The van der Waals surface area contributed by atoms with E-state index in [9.17, 15) is 5.11 Å². The van der Waals surface area contributed by atoms with E-state index in [4.69, 9.17) is 9.47 Å². The zero-order valence-corrected chi connectivity index (χ0v) is 9.70. The molecule has 0 amide bonds. The number of hydrogen-bond acceptors (Lipinski definition) is 3. The minimum absolute atomic E-state index is 0.0338. The number of aliphatic hydroxyl groups excluding tert-OH is 1. The summed E-state index contributed by atoms with van der Waals surface area (Å²) in [6.45, 7) is 4.10. The fraction of sp³-hybridized carbons (Fsp3) is 0.500. The van der Waals surface area contributed by atoms with Gasteiger partial charge in [0.1, 0.15) is 11.5 Å². The highest BCUT2D eigenvalue weighted by Gasteiger charge is 2.16. The Labute approximate surface area is 90.6 Å². The number of rotatable bonds is 4. The molecule has 0 atom stereocenters. The van der Waals surface area contributed by atoms with Gasteiger partial charge in [0, 0.05) is 11.1 Å². The van der Waals surface area contributed by atoms with Crippen molar-refractivity contribution in [2.24, 2.45) is 0 Å². The van der Waals surface area contributed by atoms with Crippen LogP contribution in [0.25, 0.3) is 0 Å². The summed E-state index contributed by atoms with van der Waals surface area (Å²) in [7, 11) is 3.24. The van der Waals surface area contributed by atoms with Crippen molar-refractivity contribution in [2.45, 2.75) is 26.4 Å². The Morgan fingerprint density at radius 3 is 2.07 bits per heavy atom. The van der Waals surface area contributed by atoms with E-state index in [1.807, 2.05) is 12.1 Å². The average molecular weight is 210 g/mol. The van der Waals surface area contributed by atoms with Crippen LogP contribution in [0.1, 0.15) is 30.9 Å². The molecule has 0 aliphatic heterocycles. The molecule has 0 saturated carbocycles. The molecule has 3 nitrogen and oxygen atoms in total. The highest BCUT2D eigenvalue weighted by molar-refractivity contribution is 5.50. The normalized spacial score (nSPS) is 10.5. The number of benzene rings is 1. The third-order valence-corrected chi connectivity index (χ3v) is 2.45. The smallest absolute Gasteiger partial charge is 0.124 e. The van der Waals surface area contributed by atoms with Crippen molar-refractivity contribution < 1.29 is 14.6 Å². The first-order valence-corrected chi connectivity index (χ1v) is 5.00. The zero-order chi connectivity index (χ0) is 11.4. The minimum atomic E-state index is -0.0338. The predicted molar refractivity (Wildman–Crippen MR) is 59.6 cm³/mol. The van der Waals surface area contributed by atoms with Gasteiger partial charge in [0.2, 0.25) is 0 Å². The van der Waals surface area contributed by atoms with Crippen molar-refractivity contribution in [1.29, 1.82) is 0 Å². The Morgan fingerprint density at radius 2 is 1.67 bits per heavy atom. The van der Waals surface area contributed by atoms with Crippen LogP contribution in [-0.2, 0) is 6.61 Å². The van der Waals surface area contributed by atoms with E-state index in [2.05, 4.69) is 13.8 Å². The summed E-state index contributed by atoms with van der Waals surface area (Å²) in [4.78, 5) is 0. The maximum absolute atomic E-state index is 9.36. The summed E-state index contributed by atoms with van der Waals surface area (Å²) in [5, 5.41) is 9.36. The van der Waals surface area contributed by atoms with Gasteiger partial charge in [0.05, 0.1) is 20.8 Å². The van der Waals surface area contributed by atoms with Gasteiger partial charge < -0.3 is 14.6 Å². The summed E-state index contributed by atoms with van der Waals surface area (Å²) in [5.74, 6) is 1.80. The standard InChI is InChI=1S/C12H18O3/c1-8(2)12-9(7-13)10(14-3)5-6-11(12)15-4/h5-6,8,13H,7H2,1-4H3. The number of ether oxygens (including phenoxy) is 2. The quantitative estimate of drug-likeness (QED) is 0.828. The molecule has 0 aliphatic rings. The molecule has 1 aromatic carbocycles. The van der Waals surface area contributed by atoms with E-state index in [1.54, 1.807) is 14.2 Å². The topological polar surface area (TPSA) is 38.7 Å². The second kappa shape index (κ2) is 5.03. The second-order valence-corrected chi connectivity index (χ2v) is 3.68. The van der Waals surface area contributed by atoms with E-state index in [0.29, 0.717) is 5.75 Å². The fourth-order valence-electron chi connectivity index (χ4n) is 1.79. The lowest BCUT2D eigenvalue weighted by Gasteiger charge is -2.18. The Hall–Kier alpha value is -1.22. The summed E-state index contributed by atoms with van der Waals surface area (Å²) in [6, 6.07) is 3.68. The highest BCUT2D eigenvalue weighted by atomic mass is 16.5. The molecule has 0 fully saturated rings. The van der Waals surface area contributed by atoms with Crippen molar-refractivity contribution in [1.82, 2.24) is 0 Å². The summed E-state index contributed by atoms with van der Waals surface area (Å²) >= 11 is 0. The van der Waals surface area contributed by atoms with E-state index in [0.717, 1.165) is 16.9 Å². The van der Waals surface area contributed by atoms with Crippen molar-refractivity contribution in [3.05, 3.63) is 23.3 Å². The largest absolute Gasteiger partial charge is 0.496 e. The van der Waals surface area contributed by atoms with Crippen LogP contribution in [0.15, 0.2) is 12.1 Å². The van der Waals surface area contributed by atoms with Gasteiger partial charge >= 0.3 is 0 Å². The van der Waals surface area contributed by atoms with Gasteiger partial charge in [0.25, 0.3) is 0 Å². The van der Waals surface area contributed by atoms with Crippen LogP contribution in [0.5, 0.6) is 11.5 Å². The molecule has 0 radical (unpaired) electrons. The second-order valence-electron chi connectivity index (χ2n) is 3.68. The molecular weight excluding hydrogens is 192 g/mol. The molecule has 0 saturated heterocycles. The lowest BCUT2D eigenvalue weighted by Crippen LogP contribution is -2.03. The van der Waals surface area contributed by atoms with Crippen LogP contribution in [0, 0.1) is 0 Å². The van der Waals surface area contributed by atoms with Gasteiger partial charge in [0.15, 0.2) is 0 Å². The third kappa shape index (κ3) is 2.23. The molecule has 84 valence electrons. The minimum Gasteiger partial charge on any atom is -0.496 e. The summed E-state index contributed by atoms with van der Waals surface area (Å²) in [6.07, 6.45) is 0. The molecule has 15 heavy (non-hydrogen) atoms. The molecule has 0 heterocycles. The first-order chi connectivity index (χ1) is 7.15. The summed E-state index contributed by atoms with van der Waals surface area (Å²) < 4.78 is 10.5. The van der Waals surface area contributed by atoms with Crippen molar-refractivity contribution in [2.75, 3.05) is 14.2 Å². The van der Waals surface area contributed by atoms with Gasteiger partial charge in [-0.05, 0) is 18.1 Å². The van der Waals surface area contributed by atoms with Gasteiger partial charge in [-0.25, -0.2) is 0 Å². The molecule has 0 spiro atoms.